The quantitative estimate of drug-likeness (QED) is 0.573. The number of nitrogens with zero attached hydrogens (tertiary/aromatic N) is 1. The Hall–Kier alpha value is -1.91. The van der Waals surface area contributed by atoms with Crippen molar-refractivity contribution in [2.75, 3.05) is 27.2 Å². The van der Waals surface area contributed by atoms with Crippen LogP contribution in [-0.2, 0) is 0 Å². The predicted molar refractivity (Wildman–Crippen MR) is 91.9 cm³/mol. The topological polar surface area (TPSA) is 54.9 Å². The number of ether oxygens (including phenoxy) is 2. The van der Waals surface area contributed by atoms with Crippen LogP contribution in [0.25, 0.3) is 0 Å². The molecule has 5 heteroatoms. The third-order valence-corrected chi connectivity index (χ3v) is 3.17. The number of guanidine groups is 1. The summed E-state index contributed by atoms with van der Waals surface area (Å²) in [5.41, 5.74) is 0. The van der Waals surface area contributed by atoms with E-state index >= 15 is 0 Å². The molecule has 0 amide bonds. The van der Waals surface area contributed by atoms with Gasteiger partial charge in [0.2, 0.25) is 0 Å². The summed E-state index contributed by atoms with van der Waals surface area (Å²) in [5, 5.41) is 6.58. The molecule has 124 valence electrons. The first-order chi connectivity index (χ1) is 10.5. The van der Waals surface area contributed by atoms with Crippen molar-refractivity contribution in [1.82, 2.24) is 10.6 Å². The molecule has 0 bridgehead atoms. The molecule has 0 radical (unpaired) electrons. The Bertz CT molecular complexity index is 461. The van der Waals surface area contributed by atoms with Gasteiger partial charge >= 0.3 is 0 Å². The first kappa shape index (κ1) is 18.1. The average molecular weight is 307 g/mol. The molecule has 0 heterocycles. The molecule has 0 aliphatic rings. The minimum atomic E-state index is 0.0238. The Morgan fingerprint density at radius 1 is 1.18 bits per heavy atom. The summed E-state index contributed by atoms with van der Waals surface area (Å²) in [7, 11) is 3.43. The van der Waals surface area contributed by atoms with Gasteiger partial charge < -0.3 is 20.1 Å². The summed E-state index contributed by atoms with van der Waals surface area (Å²) in [6, 6.07) is 7.62. The summed E-state index contributed by atoms with van der Waals surface area (Å²) in [4.78, 5) is 4.21. The molecule has 1 unspecified atom stereocenters. The zero-order valence-electron chi connectivity index (χ0n) is 14.3. The van der Waals surface area contributed by atoms with Crippen LogP contribution < -0.4 is 20.1 Å². The van der Waals surface area contributed by atoms with E-state index in [0.717, 1.165) is 30.4 Å². The van der Waals surface area contributed by atoms with Gasteiger partial charge in [0, 0.05) is 19.7 Å². The van der Waals surface area contributed by atoms with Crippen molar-refractivity contribution < 1.29 is 9.47 Å². The van der Waals surface area contributed by atoms with E-state index in [1.807, 2.05) is 31.2 Å². The standard InChI is InChI=1S/C17H29N3O2/c1-13(2)9-10-19-17(18-4)20-12-14(3)22-16-8-6-7-15(11-16)21-5/h6-8,11,13-14H,9-10,12H2,1-5H3,(H2,18,19,20). The number of hydrogen-bond donors (Lipinski definition) is 2. The van der Waals surface area contributed by atoms with E-state index in [2.05, 4.69) is 29.5 Å². The second kappa shape index (κ2) is 9.92. The summed E-state index contributed by atoms with van der Waals surface area (Å²) in [5.74, 6) is 3.09. The van der Waals surface area contributed by atoms with E-state index < -0.39 is 0 Å². The van der Waals surface area contributed by atoms with Gasteiger partial charge in [0.05, 0.1) is 13.7 Å². The van der Waals surface area contributed by atoms with Crippen molar-refractivity contribution in [1.29, 1.82) is 0 Å². The first-order valence-corrected chi connectivity index (χ1v) is 7.80. The van der Waals surface area contributed by atoms with E-state index in [9.17, 15) is 0 Å². The van der Waals surface area contributed by atoms with Crippen molar-refractivity contribution >= 4 is 5.96 Å². The molecule has 2 N–H and O–H groups in total. The Labute approximate surface area is 134 Å². The highest BCUT2D eigenvalue weighted by Gasteiger charge is 2.06. The van der Waals surface area contributed by atoms with Crippen molar-refractivity contribution in [2.45, 2.75) is 33.3 Å². The van der Waals surface area contributed by atoms with Crippen LogP contribution in [0.15, 0.2) is 29.3 Å². The molecule has 1 aromatic carbocycles. The molecule has 1 aromatic rings. The lowest BCUT2D eigenvalue weighted by molar-refractivity contribution is 0.223. The van der Waals surface area contributed by atoms with Crippen LogP contribution in [0.2, 0.25) is 0 Å². The smallest absolute Gasteiger partial charge is 0.191 e. The van der Waals surface area contributed by atoms with Crippen molar-refractivity contribution in [3.8, 4) is 11.5 Å². The molecule has 0 fully saturated rings. The highest BCUT2D eigenvalue weighted by molar-refractivity contribution is 5.79. The maximum absolute atomic E-state index is 5.87. The van der Waals surface area contributed by atoms with Crippen molar-refractivity contribution in [2.24, 2.45) is 10.9 Å². The number of benzene rings is 1. The van der Waals surface area contributed by atoms with Crippen LogP contribution in [0.1, 0.15) is 27.2 Å². The van der Waals surface area contributed by atoms with Crippen LogP contribution in [0.3, 0.4) is 0 Å². The second-order valence-electron chi connectivity index (χ2n) is 5.67. The zero-order valence-corrected chi connectivity index (χ0v) is 14.3. The molecule has 1 atom stereocenters. The van der Waals surface area contributed by atoms with Crippen LogP contribution in [0, 0.1) is 5.92 Å². The summed E-state index contributed by atoms with van der Waals surface area (Å²) in [6.45, 7) is 8.04. The average Bonchev–Trinajstić information content (AvgIpc) is 2.50. The minimum absolute atomic E-state index is 0.0238. The second-order valence-corrected chi connectivity index (χ2v) is 5.67. The number of aliphatic imine (C=N–C) groups is 1. The van der Waals surface area contributed by atoms with Gasteiger partial charge in [-0.05, 0) is 31.4 Å². The largest absolute Gasteiger partial charge is 0.497 e. The first-order valence-electron chi connectivity index (χ1n) is 7.80. The Balaban J connectivity index is 2.35. The summed E-state index contributed by atoms with van der Waals surface area (Å²) >= 11 is 0. The fourth-order valence-corrected chi connectivity index (χ4v) is 1.89. The van der Waals surface area contributed by atoms with Gasteiger partial charge in [-0.1, -0.05) is 19.9 Å². The summed E-state index contributed by atoms with van der Waals surface area (Å²) < 4.78 is 11.1. The van der Waals surface area contributed by atoms with Crippen LogP contribution in [0.5, 0.6) is 11.5 Å². The molecule has 22 heavy (non-hydrogen) atoms. The highest BCUT2D eigenvalue weighted by atomic mass is 16.5. The van der Waals surface area contributed by atoms with Crippen LogP contribution >= 0.6 is 0 Å². The fourth-order valence-electron chi connectivity index (χ4n) is 1.89. The molecule has 0 aliphatic carbocycles. The molecule has 0 aliphatic heterocycles. The number of nitrogens with one attached hydrogen (secondary N) is 2. The Morgan fingerprint density at radius 3 is 2.55 bits per heavy atom. The molecule has 0 saturated heterocycles. The van der Waals surface area contributed by atoms with Gasteiger partial charge in [-0.15, -0.1) is 0 Å². The van der Waals surface area contributed by atoms with Crippen LogP contribution in [-0.4, -0.2) is 39.3 Å². The highest BCUT2D eigenvalue weighted by Crippen LogP contribution is 2.19. The summed E-state index contributed by atoms with van der Waals surface area (Å²) in [6.07, 6.45) is 1.15. The lowest BCUT2D eigenvalue weighted by Gasteiger charge is -2.18. The van der Waals surface area contributed by atoms with Crippen LogP contribution in [0.4, 0.5) is 0 Å². The molecular formula is C17H29N3O2. The van der Waals surface area contributed by atoms with E-state index in [0.29, 0.717) is 12.5 Å². The van der Waals surface area contributed by atoms with E-state index in [-0.39, 0.29) is 6.10 Å². The number of hydrogen-bond acceptors (Lipinski definition) is 3. The third-order valence-electron chi connectivity index (χ3n) is 3.17. The Morgan fingerprint density at radius 2 is 1.91 bits per heavy atom. The monoisotopic (exact) mass is 307 g/mol. The van der Waals surface area contributed by atoms with Gasteiger partial charge in [-0.25, -0.2) is 0 Å². The lowest BCUT2D eigenvalue weighted by atomic mass is 10.1. The SMILES string of the molecule is CN=C(NCCC(C)C)NCC(C)Oc1cccc(OC)c1. The zero-order chi connectivity index (χ0) is 16.4. The van der Waals surface area contributed by atoms with E-state index in [1.165, 1.54) is 0 Å². The maximum Gasteiger partial charge on any atom is 0.191 e. The third kappa shape index (κ3) is 7.20. The van der Waals surface area contributed by atoms with Gasteiger partial charge in [0.1, 0.15) is 17.6 Å². The molecule has 0 spiro atoms. The number of methoxy groups -OCH3 is 1. The normalized spacial score (nSPS) is 12.9. The van der Waals surface area contributed by atoms with Gasteiger partial charge in [-0.3, -0.25) is 4.99 Å². The van der Waals surface area contributed by atoms with E-state index in [1.54, 1.807) is 14.2 Å². The fraction of sp³-hybridized carbons (Fsp3) is 0.588. The molecule has 5 nitrogen and oxygen atoms in total. The molecular weight excluding hydrogens is 278 g/mol. The predicted octanol–water partition coefficient (Wildman–Crippen LogP) is 2.67. The van der Waals surface area contributed by atoms with Gasteiger partial charge in [-0.2, -0.15) is 0 Å². The lowest BCUT2D eigenvalue weighted by Crippen LogP contribution is -2.42. The molecule has 0 saturated carbocycles. The minimum Gasteiger partial charge on any atom is -0.497 e. The van der Waals surface area contributed by atoms with Gasteiger partial charge in [0.15, 0.2) is 5.96 Å². The van der Waals surface area contributed by atoms with Crippen molar-refractivity contribution in [3.63, 3.8) is 0 Å². The Kier molecular flexibility index (Phi) is 8.18. The molecule has 1 rings (SSSR count). The van der Waals surface area contributed by atoms with Crippen molar-refractivity contribution in [3.05, 3.63) is 24.3 Å². The maximum atomic E-state index is 5.87. The van der Waals surface area contributed by atoms with E-state index in [4.69, 9.17) is 9.47 Å². The van der Waals surface area contributed by atoms with Gasteiger partial charge in [0.25, 0.3) is 0 Å². The molecule has 0 aromatic heterocycles. The number of rotatable bonds is 8.